The number of aromatic nitrogens is 2. The standard InChI is InChI=1S/C24H33N7O2/c1-6-19-14-28(5)9-7-10-31(19)21-26-18(13-25)12-20(27-21)30-16-24(17-30)8-11-29(15-24)22(32)33-23(2,3)4/h1,12,19H,7-11,14-17H2,2-5H3/t19-/m0/s1. The molecule has 0 aliphatic carbocycles. The van der Waals surface area contributed by atoms with Crippen molar-refractivity contribution in [3.63, 3.8) is 0 Å². The van der Waals surface area contributed by atoms with Crippen LogP contribution in [0.3, 0.4) is 0 Å². The van der Waals surface area contributed by atoms with E-state index in [1.807, 2.05) is 25.7 Å². The number of carbonyl (C=O) groups is 1. The van der Waals surface area contributed by atoms with Crippen molar-refractivity contribution in [1.82, 2.24) is 19.8 Å². The summed E-state index contributed by atoms with van der Waals surface area (Å²) in [5.74, 6) is 4.13. The Morgan fingerprint density at radius 1 is 1.24 bits per heavy atom. The number of likely N-dealkylation sites (tertiary alicyclic amines) is 1. The summed E-state index contributed by atoms with van der Waals surface area (Å²) in [6.07, 6.45) is 7.47. The fourth-order valence-corrected chi connectivity index (χ4v) is 4.90. The first-order chi connectivity index (χ1) is 15.6. The summed E-state index contributed by atoms with van der Waals surface area (Å²) in [6, 6.07) is 3.78. The van der Waals surface area contributed by atoms with Crippen LogP contribution in [0.15, 0.2) is 6.07 Å². The number of hydrogen-bond donors (Lipinski definition) is 0. The van der Waals surface area contributed by atoms with E-state index in [2.05, 4.69) is 33.8 Å². The van der Waals surface area contributed by atoms with Gasteiger partial charge in [0, 0.05) is 50.7 Å². The molecule has 33 heavy (non-hydrogen) atoms. The Balaban J connectivity index is 1.47. The Labute approximate surface area is 196 Å². The van der Waals surface area contributed by atoms with Gasteiger partial charge >= 0.3 is 6.09 Å². The lowest BCUT2D eigenvalue weighted by Gasteiger charge is -2.48. The van der Waals surface area contributed by atoms with Crippen LogP contribution in [0, 0.1) is 29.1 Å². The number of nitriles is 1. The van der Waals surface area contributed by atoms with Gasteiger partial charge in [-0.25, -0.2) is 9.78 Å². The van der Waals surface area contributed by atoms with E-state index in [0.29, 0.717) is 24.7 Å². The van der Waals surface area contributed by atoms with Crippen molar-refractivity contribution in [1.29, 1.82) is 5.26 Å². The maximum Gasteiger partial charge on any atom is 0.410 e. The summed E-state index contributed by atoms with van der Waals surface area (Å²) in [5, 5.41) is 9.59. The number of ether oxygens (including phenoxy) is 1. The number of likely N-dealkylation sites (N-methyl/N-ethyl adjacent to an activating group) is 1. The molecule has 4 rings (SSSR count). The monoisotopic (exact) mass is 451 g/mol. The van der Waals surface area contributed by atoms with E-state index >= 15 is 0 Å². The number of anilines is 2. The van der Waals surface area contributed by atoms with Gasteiger partial charge in [0.1, 0.15) is 29.2 Å². The molecule has 0 bridgehead atoms. The number of carbonyl (C=O) groups excluding carboxylic acids is 1. The smallest absolute Gasteiger partial charge is 0.410 e. The zero-order valence-corrected chi connectivity index (χ0v) is 20.0. The highest BCUT2D eigenvalue weighted by molar-refractivity contribution is 5.69. The number of hydrogen-bond acceptors (Lipinski definition) is 8. The van der Waals surface area contributed by atoms with E-state index in [0.717, 1.165) is 51.4 Å². The van der Waals surface area contributed by atoms with Crippen molar-refractivity contribution >= 4 is 17.9 Å². The molecule has 4 heterocycles. The minimum atomic E-state index is -0.498. The van der Waals surface area contributed by atoms with Gasteiger partial charge in [-0.1, -0.05) is 5.92 Å². The van der Waals surface area contributed by atoms with Crippen molar-refractivity contribution in [3.8, 4) is 18.4 Å². The maximum atomic E-state index is 12.5. The van der Waals surface area contributed by atoms with Gasteiger partial charge < -0.3 is 24.3 Å². The van der Waals surface area contributed by atoms with Crippen molar-refractivity contribution in [2.24, 2.45) is 5.41 Å². The minimum absolute atomic E-state index is 0.0431. The molecule has 1 amide bonds. The van der Waals surface area contributed by atoms with Crippen LogP contribution < -0.4 is 9.80 Å². The quantitative estimate of drug-likeness (QED) is 0.631. The summed E-state index contributed by atoms with van der Waals surface area (Å²) < 4.78 is 5.54. The molecule has 3 saturated heterocycles. The van der Waals surface area contributed by atoms with Gasteiger partial charge in [-0.3, -0.25) is 0 Å². The molecule has 0 unspecified atom stereocenters. The minimum Gasteiger partial charge on any atom is -0.444 e. The van der Waals surface area contributed by atoms with E-state index < -0.39 is 5.60 Å². The molecule has 1 aromatic rings. The molecule has 3 fully saturated rings. The van der Waals surface area contributed by atoms with Crippen LogP contribution in [0.5, 0.6) is 0 Å². The lowest BCUT2D eigenvalue weighted by Crippen LogP contribution is -2.58. The lowest BCUT2D eigenvalue weighted by atomic mass is 9.79. The van der Waals surface area contributed by atoms with Crippen molar-refractivity contribution in [3.05, 3.63) is 11.8 Å². The summed E-state index contributed by atoms with van der Waals surface area (Å²) in [5.41, 5.74) is -0.116. The second-order valence-corrected chi connectivity index (χ2v) is 10.5. The Kier molecular flexibility index (Phi) is 6.11. The predicted octanol–water partition coefficient (Wildman–Crippen LogP) is 1.94. The Bertz CT molecular complexity index is 984. The van der Waals surface area contributed by atoms with Crippen molar-refractivity contribution < 1.29 is 9.53 Å². The van der Waals surface area contributed by atoms with E-state index in [9.17, 15) is 10.1 Å². The molecule has 1 aromatic heterocycles. The Hall–Kier alpha value is -3.04. The van der Waals surface area contributed by atoms with E-state index in [1.54, 1.807) is 11.0 Å². The van der Waals surface area contributed by atoms with Crippen LogP contribution in [0.25, 0.3) is 0 Å². The summed E-state index contributed by atoms with van der Waals surface area (Å²) in [7, 11) is 2.06. The average Bonchev–Trinajstić information content (AvgIpc) is 3.10. The summed E-state index contributed by atoms with van der Waals surface area (Å²) >= 11 is 0. The van der Waals surface area contributed by atoms with Crippen LogP contribution in [-0.2, 0) is 4.74 Å². The molecular formula is C24H33N7O2. The maximum absolute atomic E-state index is 12.5. The second kappa shape index (κ2) is 8.72. The third-order valence-corrected chi connectivity index (χ3v) is 6.53. The number of terminal acetylenes is 1. The molecule has 0 N–H and O–H groups in total. The van der Waals surface area contributed by atoms with Crippen molar-refractivity contribution in [2.75, 3.05) is 62.7 Å². The topological polar surface area (TPSA) is 88.8 Å². The van der Waals surface area contributed by atoms with Crippen LogP contribution in [0.2, 0.25) is 0 Å². The van der Waals surface area contributed by atoms with Gasteiger partial charge in [0.25, 0.3) is 0 Å². The Morgan fingerprint density at radius 2 is 2.00 bits per heavy atom. The highest BCUT2D eigenvalue weighted by Gasteiger charge is 2.50. The largest absolute Gasteiger partial charge is 0.444 e. The molecule has 176 valence electrons. The molecule has 1 atom stereocenters. The molecule has 0 aromatic carbocycles. The van der Waals surface area contributed by atoms with E-state index in [1.165, 1.54) is 0 Å². The first-order valence-corrected chi connectivity index (χ1v) is 11.5. The lowest BCUT2D eigenvalue weighted by molar-refractivity contribution is 0.0265. The van der Waals surface area contributed by atoms with Gasteiger partial charge in [0.15, 0.2) is 0 Å². The number of nitrogens with zero attached hydrogens (tertiary/aromatic N) is 7. The fraction of sp³-hybridized carbons (Fsp3) is 0.667. The highest BCUT2D eigenvalue weighted by atomic mass is 16.6. The third kappa shape index (κ3) is 4.99. The van der Waals surface area contributed by atoms with E-state index in [-0.39, 0.29) is 17.6 Å². The fourth-order valence-electron chi connectivity index (χ4n) is 4.90. The van der Waals surface area contributed by atoms with Crippen LogP contribution >= 0.6 is 0 Å². The molecule has 1 spiro atoms. The van der Waals surface area contributed by atoms with Crippen LogP contribution in [0.4, 0.5) is 16.6 Å². The number of amides is 1. The van der Waals surface area contributed by atoms with Crippen LogP contribution in [0.1, 0.15) is 39.3 Å². The predicted molar refractivity (Wildman–Crippen MR) is 126 cm³/mol. The molecule has 0 radical (unpaired) electrons. The number of rotatable bonds is 2. The van der Waals surface area contributed by atoms with Crippen molar-refractivity contribution in [2.45, 2.75) is 45.3 Å². The summed E-state index contributed by atoms with van der Waals surface area (Å²) in [6.45, 7) is 11.1. The van der Waals surface area contributed by atoms with Gasteiger partial charge in [0.05, 0.1) is 0 Å². The zero-order valence-electron chi connectivity index (χ0n) is 20.0. The Morgan fingerprint density at radius 3 is 2.67 bits per heavy atom. The van der Waals surface area contributed by atoms with Gasteiger partial charge in [-0.2, -0.15) is 10.2 Å². The molecular weight excluding hydrogens is 418 g/mol. The third-order valence-electron chi connectivity index (χ3n) is 6.53. The zero-order chi connectivity index (χ0) is 23.8. The highest BCUT2D eigenvalue weighted by Crippen LogP contribution is 2.42. The first kappa shape index (κ1) is 23.1. The molecule has 9 heteroatoms. The molecule has 9 nitrogen and oxygen atoms in total. The normalized spacial score (nSPS) is 23.0. The second-order valence-electron chi connectivity index (χ2n) is 10.5. The van der Waals surface area contributed by atoms with Crippen LogP contribution in [-0.4, -0.2) is 90.4 Å². The van der Waals surface area contributed by atoms with Gasteiger partial charge in [-0.05, 0) is 47.2 Å². The first-order valence-electron chi connectivity index (χ1n) is 11.5. The average molecular weight is 452 g/mol. The van der Waals surface area contributed by atoms with Gasteiger partial charge in [0.2, 0.25) is 5.95 Å². The SMILES string of the molecule is C#C[C@H]1CN(C)CCCN1c1nc(C#N)cc(N2CC3(CCN(C(=O)OC(C)(C)C)C3)C2)n1. The molecule has 0 saturated carbocycles. The molecule has 3 aliphatic rings. The van der Waals surface area contributed by atoms with E-state index in [4.69, 9.17) is 16.1 Å². The van der Waals surface area contributed by atoms with Gasteiger partial charge in [-0.15, -0.1) is 6.42 Å². The summed E-state index contributed by atoms with van der Waals surface area (Å²) in [4.78, 5) is 30.0. The molecule has 3 aliphatic heterocycles.